The van der Waals surface area contributed by atoms with E-state index in [1.54, 1.807) is 37.3 Å². The second kappa shape index (κ2) is 6.74. The maximum absolute atomic E-state index is 11.5. The Morgan fingerprint density at radius 2 is 1.78 bits per heavy atom. The van der Waals surface area contributed by atoms with Crippen LogP contribution in [0.15, 0.2) is 63.7 Å². The molecule has 27 heavy (non-hydrogen) atoms. The summed E-state index contributed by atoms with van der Waals surface area (Å²) in [7, 11) is -4.72. The highest BCUT2D eigenvalue weighted by molar-refractivity contribution is 7.86. The standard InChI is InChI=1S/C17H13N3O6S/c1-10-6-7-13(14(8-10)20(22)23)18-19-16-12-5-3-2-4-11(12)9-15(17(16)21)27(24,25)26/h2-9,21H,1H3,(H,24,25,26). The van der Waals surface area contributed by atoms with E-state index in [-0.39, 0.29) is 17.1 Å². The lowest BCUT2D eigenvalue weighted by atomic mass is 10.1. The molecule has 0 bridgehead atoms. The first kappa shape index (κ1) is 18.4. The molecule has 138 valence electrons. The Balaban J connectivity index is 2.25. The highest BCUT2D eigenvalue weighted by Crippen LogP contribution is 2.41. The average Bonchev–Trinajstić information content (AvgIpc) is 2.60. The van der Waals surface area contributed by atoms with E-state index >= 15 is 0 Å². The lowest BCUT2D eigenvalue weighted by Gasteiger charge is -2.08. The zero-order valence-corrected chi connectivity index (χ0v) is 14.7. The van der Waals surface area contributed by atoms with Gasteiger partial charge in [0.1, 0.15) is 10.6 Å². The van der Waals surface area contributed by atoms with Gasteiger partial charge in [0.15, 0.2) is 11.4 Å². The van der Waals surface area contributed by atoms with E-state index in [0.717, 1.165) is 6.07 Å². The molecule has 0 aromatic heterocycles. The largest absolute Gasteiger partial charge is 0.504 e. The quantitative estimate of drug-likeness (QED) is 0.293. The Kier molecular flexibility index (Phi) is 4.60. The van der Waals surface area contributed by atoms with E-state index in [2.05, 4.69) is 10.2 Å². The highest BCUT2D eigenvalue weighted by atomic mass is 32.2. The molecule has 0 saturated carbocycles. The van der Waals surface area contributed by atoms with E-state index in [0.29, 0.717) is 16.3 Å². The summed E-state index contributed by atoms with van der Waals surface area (Å²) in [6.07, 6.45) is 0. The molecule has 0 fully saturated rings. The Morgan fingerprint density at radius 1 is 1.07 bits per heavy atom. The van der Waals surface area contributed by atoms with Crippen molar-refractivity contribution in [2.75, 3.05) is 0 Å². The third-order valence-corrected chi connectivity index (χ3v) is 4.69. The first-order chi connectivity index (χ1) is 12.7. The van der Waals surface area contributed by atoms with Gasteiger partial charge in [0, 0.05) is 11.5 Å². The van der Waals surface area contributed by atoms with Crippen LogP contribution < -0.4 is 0 Å². The van der Waals surface area contributed by atoms with Gasteiger partial charge in [-0.3, -0.25) is 14.7 Å². The van der Waals surface area contributed by atoms with Gasteiger partial charge in [-0.1, -0.05) is 30.3 Å². The Bertz CT molecular complexity index is 1200. The highest BCUT2D eigenvalue weighted by Gasteiger charge is 2.22. The molecule has 0 aliphatic rings. The van der Waals surface area contributed by atoms with Gasteiger partial charge in [-0.05, 0) is 30.0 Å². The van der Waals surface area contributed by atoms with E-state index in [1.165, 1.54) is 12.1 Å². The van der Waals surface area contributed by atoms with Gasteiger partial charge in [-0.25, -0.2) is 0 Å². The van der Waals surface area contributed by atoms with Gasteiger partial charge >= 0.3 is 0 Å². The number of phenols is 1. The van der Waals surface area contributed by atoms with Crippen LogP contribution in [-0.2, 0) is 10.1 Å². The number of nitro groups is 1. The summed E-state index contributed by atoms with van der Waals surface area (Å²) in [6, 6.07) is 11.8. The minimum Gasteiger partial charge on any atom is -0.504 e. The molecule has 0 aliphatic carbocycles. The fourth-order valence-corrected chi connectivity index (χ4v) is 3.18. The molecule has 10 heteroatoms. The fourth-order valence-electron chi connectivity index (χ4n) is 2.56. The number of azo groups is 1. The van der Waals surface area contributed by atoms with Gasteiger partial charge in [0.2, 0.25) is 0 Å². The van der Waals surface area contributed by atoms with Gasteiger partial charge < -0.3 is 5.11 Å². The van der Waals surface area contributed by atoms with Crippen LogP contribution in [0.1, 0.15) is 5.56 Å². The normalized spacial score (nSPS) is 11.9. The van der Waals surface area contributed by atoms with E-state index < -0.39 is 25.7 Å². The van der Waals surface area contributed by atoms with Crippen LogP contribution in [0.2, 0.25) is 0 Å². The maximum Gasteiger partial charge on any atom is 0.298 e. The van der Waals surface area contributed by atoms with Crippen LogP contribution in [0.25, 0.3) is 10.8 Å². The summed E-state index contributed by atoms with van der Waals surface area (Å²) in [5.41, 5.74) is 0.0812. The lowest BCUT2D eigenvalue weighted by Crippen LogP contribution is -1.98. The van der Waals surface area contributed by atoms with E-state index in [9.17, 15) is 28.2 Å². The number of fused-ring (bicyclic) bond motifs is 1. The van der Waals surface area contributed by atoms with Crippen molar-refractivity contribution in [2.24, 2.45) is 10.2 Å². The Morgan fingerprint density at radius 3 is 2.44 bits per heavy atom. The molecule has 0 amide bonds. The molecule has 9 nitrogen and oxygen atoms in total. The number of benzene rings is 3. The molecule has 0 spiro atoms. The van der Waals surface area contributed by atoms with Gasteiger partial charge in [-0.2, -0.15) is 8.42 Å². The molecule has 0 aliphatic heterocycles. The van der Waals surface area contributed by atoms with E-state index in [4.69, 9.17) is 0 Å². The maximum atomic E-state index is 11.5. The van der Waals surface area contributed by atoms with Crippen molar-refractivity contribution in [2.45, 2.75) is 11.8 Å². The van der Waals surface area contributed by atoms with Gasteiger partial charge in [0.25, 0.3) is 15.8 Å². The van der Waals surface area contributed by atoms with E-state index in [1.807, 2.05) is 0 Å². The number of rotatable bonds is 4. The molecule has 0 heterocycles. The minimum absolute atomic E-state index is 0.0636. The topological polar surface area (TPSA) is 142 Å². The third-order valence-electron chi connectivity index (χ3n) is 3.82. The number of hydrogen-bond acceptors (Lipinski definition) is 7. The SMILES string of the molecule is Cc1ccc(N=Nc2c(O)c(S(=O)(=O)O)cc3ccccc23)c([N+](=O)[O-])c1. The summed E-state index contributed by atoms with van der Waals surface area (Å²) < 4.78 is 32.4. The Labute approximate surface area is 153 Å². The van der Waals surface area contributed by atoms with Crippen LogP contribution in [0.4, 0.5) is 17.1 Å². The molecule has 3 rings (SSSR count). The number of hydrogen-bond donors (Lipinski definition) is 2. The van der Waals surface area contributed by atoms with Crippen molar-refractivity contribution in [3.8, 4) is 5.75 Å². The number of nitrogens with zero attached hydrogens (tertiary/aromatic N) is 3. The molecular weight excluding hydrogens is 374 g/mol. The third kappa shape index (κ3) is 3.61. The fraction of sp³-hybridized carbons (Fsp3) is 0.0588. The van der Waals surface area contributed by atoms with Crippen LogP contribution in [-0.4, -0.2) is 23.0 Å². The van der Waals surface area contributed by atoms with Crippen molar-refractivity contribution in [1.82, 2.24) is 0 Å². The van der Waals surface area contributed by atoms with Crippen molar-refractivity contribution in [3.63, 3.8) is 0 Å². The first-order valence-electron chi connectivity index (χ1n) is 7.57. The summed E-state index contributed by atoms with van der Waals surface area (Å²) in [5.74, 6) is -0.797. The summed E-state index contributed by atoms with van der Waals surface area (Å²) in [4.78, 5) is 9.85. The smallest absolute Gasteiger partial charge is 0.298 e. The summed E-state index contributed by atoms with van der Waals surface area (Å²) in [6.45, 7) is 1.68. The molecule has 3 aromatic carbocycles. The van der Waals surface area contributed by atoms with Crippen LogP contribution in [0, 0.1) is 17.0 Å². The minimum atomic E-state index is -4.72. The zero-order chi connectivity index (χ0) is 19.8. The number of aryl methyl sites for hydroxylation is 1. The molecule has 0 saturated heterocycles. The van der Waals surface area contributed by atoms with Gasteiger partial charge in [0.05, 0.1) is 4.92 Å². The second-order valence-electron chi connectivity index (χ2n) is 5.72. The van der Waals surface area contributed by atoms with Crippen molar-refractivity contribution in [3.05, 3.63) is 64.2 Å². The first-order valence-corrected chi connectivity index (χ1v) is 9.01. The van der Waals surface area contributed by atoms with Crippen molar-refractivity contribution in [1.29, 1.82) is 0 Å². The number of nitro benzene ring substituents is 1. The van der Waals surface area contributed by atoms with Crippen LogP contribution in [0.5, 0.6) is 5.75 Å². The lowest BCUT2D eigenvalue weighted by molar-refractivity contribution is -0.384. The zero-order valence-electron chi connectivity index (χ0n) is 13.9. The molecular formula is C17H13N3O6S. The predicted octanol–water partition coefficient (Wildman–Crippen LogP) is 4.42. The van der Waals surface area contributed by atoms with Crippen molar-refractivity contribution >= 4 is 38.0 Å². The monoisotopic (exact) mass is 387 g/mol. The Hall–Kier alpha value is -3.37. The molecule has 0 unspecified atom stereocenters. The summed E-state index contributed by atoms with van der Waals surface area (Å²) in [5, 5.41) is 29.9. The van der Waals surface area contributed by atoms with Gasteiger partial charge in [-0.15, -0.1) is 10.2 Å². The van der Waals surface area contributed by atoms with Crippen molar-refractivity contribution < 1.29 is 23.0 Å². The molecule has 2 N–H and O–H groups in total. The molecule has 0 atom stereocenters. The number of phenolic OH excluding ortho intramolecular Hbond substituents is 1. The average molecular weight is 387 g/mol. The second-order valence-corrected chi connectivity index (χ2v) is 7.11. The molecule has 0 radical (unpaired) electrons. The predicted molar refractivity (Wildman–Crippen MR) is 97.4 cm³/mol. The van der Waals surface area contributed by atoms with Crippen LogP contribution in [0.3, 0.4) is 0 Å². The molecule has 3 aromatic rings. The summed E-state index contributed by atoms with van der Waals surface area (Å²) >= 11 is 0. The van der Waals surface area contributed by atoms with Crippen LogP contribution >= 0.6 is 0 Å². The number of aromatic hydroxyl groups is 1.